The number of nitrogens with zero attached hydrogens (tertiary/aromatic N) is 2. The van der Waals surface area contributed by atoms with Crippen molar-refractivity contribution in [2.45, 2.75) is 26.2 Å². The second-order valence-corrected chi connectivity index (χ2v) is 4.97. The molecule has 2 aromatic heterocycles. The van der Waals surface area contributed by atoms with Crippen molar-refractivity contribution in [3.05, 3.63) is 30.9 Å². The molecule has 0 aromatic carbocycles. The summed E-state index contributed by atoms with van der Waals surface area (Å²) in [6.07, 6.45) is 2.91. The van der Waals surface area contributed by atoms with Gasteiger partial charge in [0.2, 0.25) is 0 Å². The maximum atomic E-state index is 11.8. The Morgan fingerprint density at radius 2 is 2.27 bits per heavy atom. The third kappa shape index (κ3) is 1.18. The van der Waals surface area contributed by atoms with Gasteiger partial charge in [-0.05, 0) is 48.8 Å². The lowest BCUT2D eigenvalue weighted by atomic mass is 10.2. The minimum atomic E-state index is 0.0628. The average molecular weight is 315 g/mol. The number of aromatic nitrogens is 3. The number of aromatic amines is 1. The molecule has 15 heavy (non-hydrogen) atoms. The Kier molecular flexibility index (Phi) is 1.92. The zero-order valence-corrected chi connectivity index (χ0v) is 10.5. The molecule has 4 nitrogen and oxygen atoms in total. The maximum absolute atomic E-state index is 11.8. The van der Waals surface area contributed by atoms with E-state index >= 15 is 0 Å². The normalized spacial score (nSPS) is 14.8. The molecule has 1 N–H and O–H groups in total. The Morgan fingerprint density at radius 1 is 1.47 bits per heavy atom. The van der Waals surface area contributed by atoms with Crippen LogP contribution in [0.2, 0.25) is 0 Å². The smallest absolute Gasteiger partial charge is 0.254 e. The second kappa shape index (κ2) is 3.07. The topological polar surface area (TPSA) is 50.2 Å². The maximum Gasteiger partial charge on any atom is 0.254 e. The fraction of sp³-hybridized carbons (Fsp3) is 0.400. The Labute approximate surface area is 99.8 Å². The van der Waals surface area contributed by atoms with E-state index in [0.717, 1.165) is 45.4 Å². The first-order valence-corrected chi connectivity index (χ1v) is 6.05. The van der Waals surface area contributed by atoms with Gasteiger partial charge >= 0.3 is 0 Å². The molecule has 78 valence electrons. The lowest BCUT2D eigenvalue weighted by Crippen LogP contribution is -2.16. The van der Waals surface area contributed by atoms with Gasteiger partial charge in [-0.15, -0.1) is 0 Å². The van der Waals surface area contributed by atoms with Crippen LogP contribution in [-0.2, 0) is 12.8 Å². The average Bonchev–Trinajstić information content (AvgIpc) is 2.77. The van der Waals surface area contributed by atoms with Crippen LogP contribution in [0.15, 0.2) is 4.79 Å². The van der Waals surface area contributed by atoms with Crippen molar-refractivity contribution in [1.29, 1.82) is 0 Å². The molecule has 1 aliphatic rings. The SMILES string of the molecule is Cc1nn2c3c(c(=O)[nH]c2c1I)CCC3. The fourth-order valence-corrected chi connectivity index (χ4v) is 2.67. The van der Waals surface area contributed by atoms with Crippen molar-refractivity contribution in [2.75, 3.05) is 0 Å². The first-order valence-electron chi connectivity index (χ1n) is 4.97. The molecule has 2 heterocycles. The van der Waals surface area contributed by atoms with E-state index in [1.807, 2.05) is 11.4 Å². The molecule has 0 bridgehead atoms. The quantitative estimate of drug-likeness (QED) is 0.748. The van der Waals surface area contributed by atoms with Crippen LogP contribution in [0.5, 0.6) is 0 Å². The summed E-state index contributed by atoms with van der Waals surface area (Å²) < 4.78 is 2.94. The van der Waals surface area contributed by atoms with Crippen LogP contribution < -0.4 is 5.56 Å². The van der Waals surface area contributed by atoms with E-state index in [2.05, 4.69) is 32.7 Å². The molecule has 0 fully saturated rings. The van der Waals surface area contributed by atoms with E-state index in [1.54, 1.807) is 0 Å². The number of rotatable bonds is 0. The summed E-state index contributed by atoms with van der Waals surface area (Å²) in [5.74, 6) is 0. The van der Waals surface area contributed by atoms with Gasteiger partial charge in [0.15, 0.2) is 0 Å². The zero-order valence-electron chi connectivity index (χ0n) is 8.30. The number of hydrogen-bond acceptors (Lipinski definition) is 2. The summed E-state index contributed by atoms with van der Waals surface area (Å²) in [7, 11) is 0. The number of aryl methyl sites for hydroxylation is 2. The highest BCUT2D eigenvalue weighted by molar-refractivity contribution is 14.1. The van der Waals surface area contributed by atoms with Crippen LogP contribution in [0.4, 0.5) is 0 Å². The number of hydrogen-bond donors (Lipinski definition) is 1. The van der Waals surface area contributed by atoms with Crippen LogP contribution in [-0.4, -0.2) is 14.6 Å². The Bertz CT molecular complexity index is 611. The van der Waals surface area contributed by atoms with Crippen LogP contribution >= 0.6 is 22.6 Å². The molecule has 0 amide bonds. The highest BCUT2D eigenvalue weighted by Gasteiger charge is 2.20. The lowest BCUT2D eigenvalue weighted by Gasteiger charge is -2.01. The molecule has 0 saturated heterocycles. The second-order valence-electron chi connectivity index (χ2n) is 3.89. The van der Waals surface area contributed by atoms with E-state index in [1.165, 1.54) is 0 Å². The first kappa shape index (κ1) is 9.38. The molecule has 0 unspecified atom stereocenters. The molecule has 0 atom stereocenters. The summed E-state index contributed by atoms with van der Waals surface area (Å²) in [5, 5.41) is 4.46. The van der Waals surface area contributed by atoms with Crippen LogP contribution in [0, 0.1) is 10.5 Å². The number of fused-ring (bicyclic) bond motifs is 3. The van der Waals surface area contributed by atoms with Crippen molar-refractivity contribution >= 4 is 28.2 Å². The van der Waals surface area contributed by atoms with Crippen molar-refractivity contribution in [1.82, 2.24) is 14.6 Å². The van der Waals surface area contributed by atoms with E-state index in [9.17, 15) is 4.79 Å². The van der Waals surface area contributed by atoms with Gasteiger partial charge in [-0.3, -0.25) is 4.79 Å². The van der Waals surface area contributed by atoms with Crippen molar-refractivity contribution in [2.24, 2.45) is 0 Å². The van der Waals surface area contributed by atoms with Gasteiger partial charge in [0.1, 0.15) is 5.65 Å². The third-order valence-corrected chi connectivity index (χ3v) is 4.23. The third-order valence-electron chi connectivity index (χ3n) is 2.94. The van der Waals surface area contributed by atoms with Crippen LogP contribution in [0.3, 0.4) is 0 Å². The van der Waals surface area contributed by atoms with Gasteiger partial charge in [0.25, 0.3) is 5.56 Å². The van der Waals surface area contributed by atoms with Crippen LogP contribution in [0.25, 0.3) is 5.65 Å². The summed E-state index contributed by atoms with van der Waals surface area (Å²) in [6, 6.07) is 0. The zero-order chi connectivity index (χ0) is 10.6. The summed E-state index contributed by atoms with van der Waals surface area (Å²) >= 11 is 2.23. The Balaban J connectivity index is 2.53. The largest absolute Gasteiger partial charge is 0.306 e. The van der Waals surface area contributed by atoms with Crippen LogP contribution in [0.1, 0.15) is 23.4 Å². The molecule has 0 saturated carbocycles. The summed E-state index contributed by atoms with van der Waals surface area (Å²) in [6.45, 7) is 1.97. The molecule has 0 aliphatic heterocycles. The van der Waals surface area contributed by atoms with E-state index in [4.69, 9.17) is 0 Å². The molecule has 1 aliphatic carbocycles. The molecular weight excluding hydrogens is 305 g/mol. The summed E-state index contributed by atoms with van der Waals surface area (Å²) in [4.78, 5) is 14.7. The minimum absolute atomic E-state index is 0.0628. The highest BCUT2D eigenvalue weighted by atomic mass is 127. The highest BCUT2D eigenvalue weighted by Crippen LogP contribution is 2.22. The van der Waals surface area contributed by atoms with Gasteiger partial charge in [-0.2, -0.15) is 5.10 Å². The molecule has 3 rings (SSSR count). The summed E-state index contributed by atoms with van der Waals surface area (Å²) in [5.41, 5.74) is 3.90. The molecule has 2 aromatic rings. The molecular formula is C10H10IN3O. The first-order chi connectivity index (χ1) is 7.18. The van der Waals surface area contributed by atoms with Crippen molar-refractivity contribution in [3.63, 3.8) is 0 Å². The van der Waals surface area contributed by atoms with Gasteiger partial charge in [0.05, 0.1) is 15.0 Å². The predicted molar refractivity (Wildman–Crippen MR) is 65.3 cm³/mol. The predicted octanol–water partition coefficient (Wildman–Crippen LogP) is 1.42. The lowest BCUT2D eigenvalue weighted by molar-refractivity contribution is 0.825. The van der Waals surface area contributed by atoms with Gasteiger partial charge in [-0.1, -0.05) is 0 Å². The number of nitrogens with one attached hydrogen (secondary N) is 1. The standard InChI is InChI=1S/C10H10IN3O/c1-5-8(11)9-12-10(15)6-3-2-4-7(6)14(9)13-5/h2-4H2,1H3,(H,12,15). The number of H-pyrrole nitrogens is 1. The number of halogens is 1. The van der Waals surface area contributed by atoms with Gasteiger partial charge in [0, 0.05) is 5.56 Å². The Hall–Kier alpha value is -0.850. The fourth-order valence-electron chi connectivity index (χ4n) is 2.20. The Morgan fingerprint density at radius 3 is 3.07 bits per heavy atom. The van der Waals surface area contributed by atoms with Gasteiger partial charge < -0.3 is 4.98 Å². The van der Waals surface area contributed by atoms with E-state index in [-0.39, 0.29) is 5.56 Å². The van der Waals surface area contributed by atoms with Crippen molar-refractivity contribution in [3.8, 4) is 0 Å². The minimum Gasteiger partial charge on any atom is -0.306 e. The van der Waals surface area contributed by atoms with Crippen molar-refractivity contribution < 1.29 is 0 Å². The monoisotopic (exact) mass is 315 g/mol. The van der Waals surface area contributed by atoms with E-state index < -0.39 is 0 Å². The molecule has 0 spiro atoms. The van der Waals surface area contributed by atoms with E-state index in [0.29, 0.717) is 0 Å². The molecule has 0 radical (unpaired) electrons. The van der Waals surface area contributed by atoms with Gasteiger partial charge in [-0.25, -0.2) is 4.52 Å². The molecule has 5 heteroatoms.